The van der Waals surface area contributed by atoms with E-state index in [1.54, 1.807) is 29.8 Å². The van der Waals surface area contributed by atoms with Gasteiger partial charge in [0.15, 0.2) is 4.80 Å². The van der Waals surface area contributed by atoms with Gasteiger partial charge < -0.3 is 9.30 Å². The quantitative estimate of drug-likeness (QED) is 0.546. The van der Waals surface area contributed by atoms with Crippen molar-refractivity contribution in [2.24, 2.45) is 12.0 Å². The summed E-state index contributed by atoms with van der Waals surface area (Å²) in [6, 6.07) is 8.76. The Bertz CT molecular complexity index is 1330. The minimum Gasteiger partial charge on any atom is -0.497 e. The first kappa shape index (κ1) is 22.3. The van der Waals surface area contributed by atoms with Gasteiger partial charge in [-0.1, -0.05) is 34.5 Å². The van der Waals surface area contributed by atoms with E-state index >= 15 is 0 Å². The first-order chi connectivity index (χ1) is 14.7. The van der Waals surface area contributed by atoms with Crippen LogP contribution in [0.15, 0.2) is 46.3 Å². The standard InChI is InChI=1S/C20H19Cl2N3O4S2/c1-24-18-16(10-9-14(21)17(18)22)30-20(24)23-19(26)15-4-3-11-25(15)31(27,28)13-7-5-12(29-2)6-8-13/h5-10,15H,3-4,11H2,1-2H3. The van der Waals surface area contributed by atoms with Crippen LogP contribution in [0.2, 0.25) is 10.0 Å². The molecule has 1 aliphatic heterocycles. The van der Waals surface area contributed by atoms with Crippen LogP contribution in [0.25, 0.3) is 10.2 Å². The number of nitrogens with zero attached hydrogens (tertiary/aromatic N) is 3. The molecule has 7 nitrogen and oxygen atoms in total. The van der Waals surface area contributed by atoms with Crippen LogP contribution in [0.1, 0.15) is 12.8 Å². The number of carbonyl (C=O) groups excluding carboxylic acids is 1. The summed E-state index contributed by atoms with van der Waals surface area (Å²) in [5.74, 6) is 0.0537. The number of amides is 1. The molecule has 0 aliphatic carbocycles. The molecule has 0 bridgehead atoms. The van der Waals surface area contributed by atoms with E-state index < -0.39 is 22.0 Å². The average molecular weight is 500 g/mol. The van der Waals surface area contributed by atoms with Gasteiger partial charge in [0.25, 0.3) is 5.91 Å². The van der Waals surface area contributed by atoms with Gasteiger partial charge in [0.05, 0.1) is 32.3 Å². The number of aryl methyl sites for hydroxylation is 1. The predicted octanol–water partition coefficient (Wildman–Crippen LogP) is 3.84. The van der Waals surface area contributed by atoms with Gasteiger partial charge in [0, 0.05) is 13.6 Å². The lowest BCUT2D eigenvalue weighted by Crippen LogP contribution is -2.40. The zero-order chi connectivity index (χ0) is 22.3. The van der Waals surface area contributed by atoms with Crippen molar-refractivity contribution < 1.29 is 17.9 Å². The molecule has 1 atom stereocenters. The maximum absolute atomic E-state index is 13.1. The molecule has 0 N–H and O–H groups in total. The van der Waals surface area contributed by atoms with Gasteiger partial charge in [-0.2, -0.15) is 9.30 Å². The van der Waals surface area contributed by atoms with E-state index in [4.69, 9.17) is 27.9 Å². The molecule has 2 aromatic carbocycles. The molecule has 1 saturated heterocycles. The second kappa shape index (κ2) is 8.55. The van der Waals surface area contributed by atoms with Crippen LogP contribution >= 0.6 is 34.5 Å². The Balaban J connectivity index is 1.69. The second-order valence-electron chi connectivity index (χ2n) is 7.05. The number of methoxy groups -OCH3 is 1. The molecule has 0 spiro atoms. The van der Waals surface area contributed by atoms with Gasteiger partial charge in [0.2, 0.25) is 10.0 Å². The first-order valence-corrected chi connectivity index (χ1v) is 12.4. The molecule has 1 unspecified atom stereocenters. The molecule has 0 radical (unpaired) electrons. The number of halogens is 2. The zero-order valence-electron chi connectivity index (χ0n) is 16.7. The van der Waals surface area contributed by atoms with Crippen LogP contribution in [0, 0.1) is 0 Å². The van der Waals surface area contributed by atoms with Crippen molar-refractivity contribution in [2.75, 3.05) is 13.7 Å². The van der Waals surface area contributed by atoms with Crippen molar-refractivity contribution in [1.29, 1.82) is 0 Å². The summed E-state index contributed by atoms with van der Waals surface area (Å²) in [6.45, 7) is 0.264. The van der Waals surface area contributed by atoms with E-state index in [2.05, 4.69) is 4.99 Å². The van der Waals surface area contributed by atoms with Gasteiger partial charge in [-0.15, -0.1) is 0 Å². The molecule has 1 aliphatic rings. The third-order valence-corrected chi connectivity index (χ3v) is 9.03. The summed E-state index contributed by atoms with van der Waals surface area (Å²) in [4.78, 5) is 17.8. The van der Waals surface area contributed by atoms with E-state index in [-0.39, 0.29) is 11.4 Å². The molecule has 3 aromatic rings. The minimum atomic E-state index is -3.84. The van der Waals surface area contributed by atoms with E-state index in [1.165, 1.54) is 34.9 Å². The average Bonchev–Trinajstić information content (AvgIpc) is 3.37. The van der Waals surface area contributed by atoms with Crippen molar-refractivity contribution in [3.63, 3.8) is 0 Å². The molecule has 11 heteroatoms. The molecule has 1 aromatic heterocycles. The third kappa shape index (κ3) is 4.01. The van der Waals surface area contributed by atoms with Crippen molar-refractivity contribution in [3.8, 4) is 5.75 Å². The Kier molecular flexibility index (Phi) is 6.15. The van der Waals surface area contributed by atoms with Crippen LogP contribution in [-0.4, -0.2) is 42.9 Å². The molecule has 0 saturated carbocycles. The molecule has 2 heterocycles. The molecule has 31 heavy (non-hydrogen) atoms. The normalized spacial score (nSPS) is 18.1. The maximum atomic E-state index is 13.1. The fraction of sp³-hybridized carbons (Fsp3) is 0.300. The lowest BCUT2D eigenvalue weighted by Gasteiger charge is -2.21. The number of benzene rings is 2. The van der Waals surface area contributed by atoms with Gasteiger partial charge in [-0.3, -0.25) is 4.79 Å². The van der Waals surface area contributed by atoms with Crippen LogP contribution in [0.3, 0.4) is 0 Å². The number of sulfonamides is 1. The highest BCUT2D eigenvalue weighted by Crippen LogP contribution is 2.32. The maximum Gasteiger partial charge on any atom is 0.266 e. The Morgan fingerprint density at radius 2 is 1.90 bits per heavy atom. The topological polar surface area (TPSA) is 81.0 Å². The number of aromatic nitrogens is 1. The number of thiazole rings is 1. The summed E-state index contributed by atoms with van der Waals surface area (Å²) in [7, 11) is -0.589. The summed E-state index contributed by atoms with van der Waals surface area (Å²) < 4.78 is 35.1. The summed E-state index contributed by atoms with van der Waals surface area (Å²) in [5.41, 5.74) is 0.680. The number of carbonyl (C=O) groups is 1. The third-order valence-electron chi connectivity index (χ3n) is 5.22. The fourth-order valence-electron chi connectivity index (χ4n) is 3.60. The lowest BCUT2D eigenvalue weighted by molar-refractivity contribution is -0.121. The first-order valence-electron chi connectivity index (χ1n) is 9.42. The fourth-order valence-corrected chi connectivity index (χ4v) is 6.79. The van der Waals surface area contributed by atoms with E-state index in [1.807, 2.05) is 6.07 Å². The van der Waals surface area contributed by atoms with Crippen molar-refractivity contribution in [3.05, 3.63) is 51.2 Å². The smallest absolute Gasteiger partial charge is 0.266 e. The zero-order valence-corrected chi connectivity index (χ0v) is 19.9. The lowest BCUT2D eigenvalue weighted by atomic mass is 10.2. The molecular weight excluding hydrogens is 481 g/mol. The van der Waals surface area contributed by atoms with Gasteiger partial charge in [0.1, 0.15) is 11.8 Å². The van der Waals surface area contributed by atoms with Crippen molar-refractivity contribution >= 4 is 60.7 Å². The van der Waals surface area contributed by atoms with Crippen molar-refractivity contribution in [1.82, 2.24) is 8.87 Å². The Hall–Kier alpha value is -1.91. The molecular formula is C20H19Cl2N3O4S2. The largest absolute Gasteiger partial charge is 0.497 e. The van der Waals surface area contributed by atoms with E-state index in [0.29, 0.717) is 39.0 Å². The van der Waals surface area contributed by atoms with Crippen LogP contribution in [-0.2, 0) is 21.9 Å². The number of ether oxygens (including phenoxy) is 1. The minimum absolute atomic E-state index is 0.113. The Labute approximate surface area is 193 Å². The summed E-state index contributed by atoms with van der Waals surface area (Å²) in [6.07, 6.45) is 1.00. The van der Waals surface area contributed by atoms with Crippen LogP contribution < -0.4 is 9.54 Å². The molecule has 4 rings (SSSR count). The Morgan fingerprint density at radius 3 is 2.58 bits per heavy atom. The van der Waals surface area contributed by atoms with Gasteiger partial charge in [-0.25, -0.2) is 8.42 Å². The number of hydrogen-bond acceptors (Lipinski definition) is 5. The summed E-state index contributed by atoms with van der Waals surface area (Å²) >= 11 is 13.7. The molecule has 164 valence electrons. The predicted molar refractivity (Wildman–Crippen MR) is 121 cm³/mol. The highest BCUT2D eigenvalue weighted by atomic mass is 35.5. The summed E-state index contributed by atoms with van der Waals surface area (Å²) in [5, 5.41) is 0.796. The SMILES string of the molecule is COc1ccc(S(=O)(=O)N2CCCC2C(=O)N=c2sc3ccc(Cl)c(Cl)c3n2C)cc1. The van der Waals surface area contributed by atoms with Crippen LogP contribution in [0.5, 0.6) is 5.75 Å². The van der Waals surface area contributed by atoms with Crippen LogP contribution in [0.4, 0.5) is 0 Å². The van der Waals surface area contributed by atoms with E-state index in [9.17, 15) is 13.2 Å². The molecule has 1 amide bonds. The number of fused-ring (bicyclic) bond motifs is 1. The van der Waals surface area contributed by atoms with Gasteiger partial charge >= 0.3 is 0 Å². The number of hydrogen-bond donors (Lipinski definition) is 0. The monoisotopic (exact) mass is 499 g/mol. The van der Waals surface area contributed by atoms with Gasteiger partial charge in [-0.05, 0) is 49.2 Å². The Morgan fingerprint density at radius 1 is 1.19 bits per heavy atom. The highest BCUT2D eigenvalue weighted by molar-refractivity contribution is 7.89. The van der Waals surface area contributed by atoms with E-state index in [0.717, 1.165) is 4.70 Å². The number of rotatable bonds is 4. The highest BCUT2D eigenvalue weighted by Gasteiger charge is 2.39. The second-order valence-corrected chi connectivity index (χ2v) is 10.7. The molecule has 1 fully saturated rings. The van der Waals surface area contributed by atoms with Crippen molar-refractivity contribution in [2.45, 2.75) is 23.8 Å².